The molecule has 1 rings (SSSR count). The van der Waals surface area contributed by atoms with E-state index in [-0.39, 0.29) is 0 Å². The van der Waals surface area contributed by atoms with E-state index in [0.717, 1.165) is 5.23 Å². The van der Waals surface area contributed by atoms with Crippen LogP contribution in [0.2, 0.25) is 0 Å². The van der Waals surface area contributed by atoms with E-state index in [2.05, 4.69) is 5.32 Å². The second-order valence-electron chi connectivity index (χ2n) is 3.59. The fraction of sp³-hybridized carbons (Fsp3) is 0.462. The van der Waals surface area contributed by atoms with E-state index in [9.17, 15) is 4.79 Å². The van der Waals surface area contributed by atoms with E-state index in [1.807, 2.05) is 0 Å². The van der Waals surface area contributed by atoms with Crippen LogP contribution in [0.15, 0.2) is 18.2 Å². The third kappa shape index (κ3) is 4.29. The van der Waals surface area contributed by atoms with Gasteiger partial charge in [-0.05, 0) is 26.0 Å². The van der Waals surface area contributed by atoms with E-state index < -0.39 is 6.03 Å². The van der Waals surface area contributed by atoms with Crippen LogP contribution < -0.4 is 14.8 Å². The van der Waals surface area contributed by atoms with Crippen molar-refractivity contribution in [2.75, 3.05) is 32.8 Å². The molecule has 0 aliphatic heterocycles. The molecular formula is C13H20N2O5. The van der Waals surface area contributed by atoms with Crippen LogP contribution in [0.4, 0.5) is 10.5 Å². The second kappa shape index (κ2) is 8.23. The fourth-order valence-electron chi connectivity index (χ4n) is 1.47. The third-order valence-electron chi connectivity index (χ3n) is 2.29. The summed E-state index contributed by atoms with van der Waals surface area (Å²) < 4.78 is 10.3. The van der Waals surface area contributed by atoms with Gasteiger partial charge in [-0.3, -0.25) is 0 Å². The number of nitrogens with zero attached hydrogens (tertiary/aromatic N) is 1. The molecule has 0 aliphatic carbocycles. The summed E-state index contributed by atoms with van der Waals surface area (Å²) in [6.45, 7) is 4.16. The Labute approximate surface area is 118 Å². The van der Waals surface area contributed by atoms with Crippen molar-refractivity contribution in [2.24, 2.45) is 0 Å². The average molecular weight is 284 g/mol. The maximum absolute atomic E-state index is 11.9. The topological polar surface area (TPSA) is 69.3 Å². The van der Waals surface area contributed by atoms with Crippen molar-refractivity contribution < 1.29 is 23.9 Å². The van der Waals surface area contributed by atoms with Crippen molar-refractivity contribution in [1.82, 2.24) is 5.23 Å². The molecule has 0 aliphatic rings. The van der Waals surface area contributed by atoms with Gasteiger partial charge in [-0.15, -0.1) is 0 Å². The quantitative estimate of drug-likeness (QED) is 0.779. The molecule has 0 spiro atoms. The molecule has 0 atom stereocenters. The Morgan fingerprint density at radius 1 is 1.10 bits per heavy atom. The van der Waals surface area contributed by atoms with Crippen molar-refractivity contribution in [3.8, 4) is 11.5 Å². The van der Waals surface area contributed by atoms with E-state index in [1.54, 1.807) is 39.2 Å². The number of ether oxygens (including phenoxy) is 2. The number of benzene rings is 1. The molecule has 0 unspecified atom stereocenters. The van der Waals surface area contributed by atoms with Crippen LogP contribution in [0.3, 0.4) is 0 Å². The molecule has 7 nitrogen and oxygen atoms in total. The van der Waals surface area contributed by atoms with Gasteiger partial charge in [0.2, 0.25) is 0 Å². The van der Waals surface area contributed by atoms with Crippen molar-refractivity contribution in [3.63, 3.8) is 0 Å². The Bertz CT molecular complexity index is 433. The van der Waals surface area contributed by atoms with E-state index in [1.165, 1.54) is 7.11 Å². The number of methoxy groups -OCH3 is 2. The lowest BCUT2D eigenvalue weighted by molar-refractivity contribution is -0.320. The van der Waals surface area contributed by atoms with Crippen LogP contribution in [-0.4, -0.2) is 38.7 Å². The van der Waals surface area contributed by atoms with Gasteiger partial charge in [0.25, 0.3) is 0 Å². The van der Waals surface area contributed by atoms with Gasteiger partial charge < -0.3 is 14.8 Å². The van der Waals surface area contributed by atoms with Gasteiger partial charge in [0.05, 0.1) is 27.4 Å². The summed E-state index contributed by atoms with van der Waals surface area (Å²) in [4.78, 5) is 22.1. The first kappa shape index (κ1) is 16.1. The molecule has 0 saturated carbocycles. The Hall–Kier alpha value is -1.99. The Balaban J connectivity index is 2.78. The summed E-state index contributed by atoms with van der Waals surface area (Å²) in [6, 6.07) is 4.50. The maximum Gasteiger partial charge on any atom is 0.371 e. The smallest absolute Gasteiger partial charge is 0.371 e. The lowest BCUT2D eigenvalue weighted by Gasteiger charge is -2.19. The highest BCUT2D eigenvalue weighted by Crippen LogP contribution is 2.29. The highest BCUT2D eigenvalue weighted by molar-refractivity contribution is 5.88. The van der Waals surface area contributed by atoms with Gasteiger partial charge in [-0.25, -0.2) is 14.5 Å². The molecule has 20 heavy (non-hydrogen) atoms. The summed E-state index contributed by atoms with van der Waals surface area (Å²) >= 11 is 0. The number of urea groups is 1. The number of hydrogen-bond acceptors (Lipinski definition) is 5. The second-order valence-corrected chi connectivity index (χ2v) is 3.59. The minimum Gasteiger partial charge on any atom is -0.493 e. The van der Waals surface area contributed by atoms with Gasteiger partial charge in [-0.1, -0.05) is 5.23 Å². The number of anilines is 1. The lowest BCUT2D eigenvalue weighted by atomic mass is 10.3. The van der Waals surface area contributed by atoms with E-state index in [4.69, 9.17) is 19.1 Å². The van der Waals surface area contributed by atoms with Crippen LogP contribution in [0.1, 0.15) is 13.8 Å². The number of nitrogens with one attached hydrogen (secondary N) is 1. The molecule has 112 valence electrons. The minimum atomic E-state index is -0.527. The zero-order valence-corrected chi connectivity index (χ0v) is 12.1. The summed E-state index contributed by atoms with van der Waals surface area (Å²) in [5, 5.41) is 3.46. The maximum atomic E-state index is 11.9. The van der Waals surface area contributed by atoms with E-state index >= 15 is 0 Å². The monoisotopic (exact) mass is 284 g/mol. The number of amides is 2. The van der Waals surface area contributed by atoms with Crippen molar-refractivity contribution in [1.29, 1.82) is 0 Å². The molecule has 1 aromatic rings. The summed E-state index contributed by atoms with van der Waals surface area (Å²) in [7, 11) is 3.07. The molecule has 0 saturated heterocycles. The Morgan fingerprint density at radius 2 is 1.70 bits per heavy atom. The third-order valence-corrected chi connectivity index (χ3v) is 2.29. The number of hydroxylamine groups is 2. The van der Waals surface area contributed by atoms with Crippen LogP contribution in [0, 0.1) is 0 Å². The Kier molecular flexibility index (Phi) is 6.61. The standard InChI is InChI=1S/C13H20N2O5/c1-5-19-15(20-6-2)13(16)14-10-7-8-11(17-3)12(9-10)18-4/h7-9H,5-6H2,1-4H3,(H,14,16). The molecule has 0 heterocycles. The van der Waals surface area contributed by atoms with Crippen LogP contribution >= 0.6 is 0 Å². The number of hydrogen-bond donors (Lipinski definition) is 1. The van der Waals surface area contributed by atoms with Gasteiger partial charge in [0, 0.05) is 11.8 Å². The molecule has 0 fully saturated rings. The molecular weight excluding hydrogens is 264 g/mol. The largest absolute Gasteiger partial charge is 0.493 e. The van der Waals surface area contributed by atoms with Gasteiger partial charge in [0.15, 0.2) is 11.5 Å². The SMILES string of the molecule is CCON(OCC)C(=O)Nc1ccc(OC)c(OC)c1. The highest BCUT2D eigenvalue weighted by Gasteiger charge is 2.15. The van der Waals surface area contributed by atoms with Gasteiger partial charge in [-0.2, -0.15) is 0 Å². The number of rotatable bonds is 7. The predicted molar refractivity (Wildman–Crippen MR) is 73.7 cm³/mol. The summed E-state index contributed by atoms with van der Waals surface area (Å²) in [6.07, 6.45) is 0. The zero-order chi connectivity index (χ0) is 15.0. The Morgan fingerprint density at radius 3 is 2.20 bits per heavy atom. The molecule has 0 bridgehead atoms. The van der Waals surface area contributed by atoms with Crippen molar-refractivity contribution >= 4 is 11.7 Å². The summed E-state index contributed by atoms with van der Waals surface area (Å²) in [5.41, 5.74) is 0.539. The molecule has 2 amide bonds. The first-order chi connectivity index (χ1) is 9.65. The normalized spacial score (nSPS) is 10.0. The number of carbonyl (C=O) groups is 1. The first-order valence-electron chi connectivity index (χ1n) is 6.25. The number of carbonyl (C=O) groups excluding carboxylic acids is 1. The first-order valence-corrected chi connectivity index (χ1v) is 6.25. The lowest BCUT2D eigenvalue weighted by Crippen LogP contribution is -2.35. The molecule has 0 radical (unpaired) electrons. The molecule has 1 N–H and O–H groups in total. The van der Waals surface area contributed by atoms with Crippen LogP contribution in [-0.2, 0) is 9.68 Å². The van der Waals surface area contributed by atoms with Crippen LogP contribution in [0.5, 0.6) is 11.5 Å². The van der Waals surface area contributed by atoms with Crippen molar-refractivity contribution in [2.45, 2.75) is 13.8 Å². The fourth-order valence-corrected chi connectivity index (χ4v) is 1.47. The highest BCUT2D eigenvalue weighted by atomic mass is 17.0. The molecule has 1 aromatic carbocycles. The minimum absolute atomic E-state index is 0.319. The van der Waals surface area contributed by atoms with E-state index in [0.29, 0.717) is 30.4 Å². The van der Waals surface area contributed by atoms with Crippen LogP contribution in [0.25, 0.3) is 0 Å². The zero-order valence-electron chi connectivity index (χ0n) is 12.1. The molecule has 7 heteroatoms. The molecule has 0 aromatic heterocycles. The predicted octanol–water partition coefficient (Wildman–Crippen LogP) is 2.44. The average Bonchev–Trinajstić information content (AvgIpc) is 2.46. The van der Waals surface area contributed by atoms with Crippen molar-refractivity contribution in [3.05, 3.63) is 18.2 Å². The van der Waals surface area contributed by atoms with Gasteiger partial charge in [0.1, 0.15) is 0 Å². The van der Waals surface area contributed by atoms with Gasteiger partial charge >= 0.3 is 6.03 Å². The summed E-state index contributed by atoms with van der Waals surface area (Å²) in [5.74, 6) is 1.10.